The number of nitrogens with two attached hydrogens (primary N) is 1. The lowest BCUT2D eigenvalue weighted by Crippen LogP contribution is -2.35. The molecule has 30 heavy (non-hydrogen) atoms. The zero-order chi connectivity index (χ0) is 21.7. The average molecular weight is 435 g/mol. The van der Waals surface area contributed by atoms with Crippen LogP contribution in [0, 0.1) is 5.82 Å². The Hall–Kier alpha value is -2.68. The summed E-state index contributed by atoms with van der Waals surface area (Å²) < 4.78 is 34.8. The Morgan fingerprint density at radius 1 is 1.30 bits per heavy atom. The Kier molecular flexibility index (Phi) is 7.25. The second kappa shape index (κ2) is 9.88. The second-order valence-corrected chi connectivity index (χ2v) is 8.50. The molecule has 1 aromatic heterocycles. The molecule has 9 heteroatoms. The van der Waals surface area contributed by atoms with Crippen LogP contribution in [0.5, 0.6) is 5.75 Å². The fraction of sp³-hybridized carbons (Fsp3) is 0.429. The Bertz CT molecular complexity index is 948. The van der Waals surface area contributed by atoms with Gasteiger partial charge in [-0.05, 0) is 49.4 Å². The van der Waals surface area contributed by atoms with Crippen molar-refractivity contribution in [2.45, 2.75) is 32.6 Å². The molecule has 2 heterocycles. The topological polar surface area (TPSA) is 97.6 Å². The van der Waals surface area contributed by atoms with Crippen molar-refractivity contribution in [3.05, 3.63) is 35.8 Å². The number of piperidine rings is 1. The molecule has 162 valence electrons. The molecule has 1 unspecified atom stereocenters. The van der Waals surface area contributed by atoms with E-state index in [1.165, 1.54) is 19.4 Å². The summed E-state index contributed by atoms with van der Waals surface area (Å²) in [6.45, 7) is 3.34. The number of aromatic nitrogens is 1. The first kappa shape index (κ1) is 22.0. The van der Waals surface area contributed by atoms with Gasteiger partial charge in [-0.3, -0.25) is 4.79 Å². The van der Waals surface area contributed by atoms with Gasteiger partial charge in [0.1, 0.15) is 16.8 Å². The van der Waals surface area contributed by atoms with Gasteiger partial charge >= 0.3 is 0 Å². The van der Waals surface area contributed by atoms with E-state index >= 15 is 0 Å². The Balaban J connectivity index is 1.99. The summed E-state index contributed by atoms with van der Waals surface area (Å²) in [5.41, 5.74) is 7.56. The fourth-order valence-electron chi connectivity index (χ4n) is 3.49. The summed E-state index contributed by atoms with van der Waals surface area (Å²) in [4.78, 5) is 18.8. The van der Waals surface area contributed by atoms with Crippen molar-refractivity contribution in [1.82, 2.24) is 9.88 Å². The van der Waals surface area contributed by atoms with Crippen LogP contribution in [0.25, 0.3) is 11.1 Å². The average Bonchev–Trinajstić information content (AvgIpc) is 2.74. The molecular weight excluding hydrogens is 407 g/mol. The molecule has 0 aliphatic carbocycles. The number of anilines is 2. The third kappa shape index (κ3) is 4.89. The van der Waals surface area contributed by atoms with Crippen molar-refractivity contribution in [2.75, 3.05) is 36.4 Å². The molecule has 1 amide bonds. The van der Waals surface area contributed by atoms with E-state index in [1.54, 1.807) is 17.0 Å². The molecule has 1 aliphatic heterocycles. The number of pyridine rings is 1. The highest BCUT2D eigenvalue weighted by molar-refractivity contribution is 7.86. The van der Waals surface area contributed by atoms with Crippen LogP contribution in [0.4, 0.5) is 15.9 Å². The Morgan fingerprint density at radius 2 is 2.03 bits per heavy atom. The first-order valence-electron chi connectivity index (χ1n) is 10.0. The molecule has 0 saturated carbocycles. The Morgan fingerprint density at radius 3 is 2.70 bits per heavy atom. The summed E-state index contributed by atoms with van der Waals surface area (Å²) in [6.07, 6.45) is 5.24. The number of methoxy groups -OCH3 is 1. The molecule has 7 nitrogen and oxygen atoms in total. The maximum absolute atomic E-state index is 14.7. The van der Waals surface area contributed by atoms with Crippen LogP contribution >= 0.6 is 0 Å². The van der Waals surface area contributed by atoms with Crippen LogP contribution in [-0.4, -0.2) is 46.0 Å². The highest BCUT2D eigenvalue weighted by Crippen LogP contribution is 2.36. The van der Waals surface area contributed by atoms with E-state index in [2.05, 4.69) is 9.71 Å². The number of ether oxygens (including phenoxy) is 1. The van der Waals surface area contributed by atoms with Gasteiger partial charge in [0.2, 0.25) is 0 Å². The lowest BCUT2D eigenvalue weighted by Gasteiger charge is -2.26. The lowest BCUT2D eigenvalue weighted by molar-refractivity contribution is 0.0724. The first-order chi connectivity index (χ1) is 14.4. The molecule has 1 aliphatic rings. The molecule has 3 N–H and O–H groups in total. The largest absolute Gasteiger partial charge is 0.492 e. The number of hydrogen-bond acceptors (Lipinski definition) is 5. The number of nitrogens with zero attached hydrogens (tertiary/aromatic N) is 2. The number of halogens is 1. The van der Waals surface area contributed by atoms with Gasteiger partial charge in [-0.2, -0.15) is 0 Å². The molecule has 1 atom stereocenters. The molecule has 0 bridgehead atoms. The minimum atomic E-state index is -1.38. The number of carbonyl (C=O) groups excluding carboxylic acids is 1. The zero-order valence-corrected chi connectivity index (χ0v) is 18.1. The van der Waals surface area contributed by atoms with Crippen LogP contribution in [0.15, 0.2) is 24.4 Å². The van der Waals surface area contributed by atoms with Gasteiger partial charge in [-0.1, -0.05) is 6.92 Å². The van der Waals surface area contributed by atoms with Crippen LogP contribution in [-0.2, 0) is 11.0 Å². The van der Waals surface area contributed by atoms with Gasteiger partial charge in [0.25, 0.3) is 5.91 Å². The lowest BCUT2D eigenvalue weighted by atomic mass is 10.0. The molecule has 1 fully saturated rings. The van der Waals surface area contributed by atoms with Crippen molar-refractivity contribution >= 4 is 28.4 Å². The minimum Gasteiger partial charge on any atom is -0.492 e. The number of carbonyl (C=O) groups is 1. The van der Waals surface area contributed by atoms with Crippen molar-refractivity contribution < 1.29 is 18.1 Å². The number of nitrogens with one attached hydrogen (secondary N) is 1. The molecule has 1 saturated heterocycles. The van der Waals surface area contributed by atoms with Crippen molar-refractivity contribution in [3.8, 4) is 16.9 Å². The van der Waals surface area contributed by atoms with Crippen molar-refractivity contribution in [1.29, 1.82) is 0 Å². The van der Waals surface area contributed by atoms with E-state index in [0.717, 1.165) is 19.3 Å². The minimum absolute atomic E-state index is 0.0321. The monoisotopic (exact) mass is 434 g/mol. The highest BCUT2D eigenvalue weighted by Gasteiger charge is 2.21. The number of amides is 1. The maximum atomic E-state index is 14.7. The van der Waals surface area contributed by atoms with E-state index < -0.39 is 16.8 Å². The molecule has 2 aromatic rings. The number of likely N-dealkylation sites (tertiary alicyclic amines) is 1. The smallest absolute Gasteiger partial charge is 0.255 e. The van der Waals surface area contributed by atoms with Crippen LogP contribution in [0.3, 0.4) is 0 Å². The standard InChI is InChI=1S/C21H27FN4O3S/c1-3-9-30(28)25-18-12-14(11-17(22)19(18)29-2)16-10-15(13-24-20(16)23)21(27)26-7-5-4-6-8-26/h10-13,25H,3-9H2,1-2H3,(H2,23,24). The van der Waals surface area contributed by atoms with Gasteiger partial charge < -0.3 is 20.1 Å². The van der Waals surface area contributed by atoms with E-state index in [-0.39, 0.29) is 23.2 Å². The van der Waals surface area contributed by atoms with E-state index in [9.17, 15) is 13.4 Å². The summed E-state index contributed by atoms with van der Waals surface area (Å²) in [7, 11) is -0.0336. The first-order valence-corrected chi connectivity index (χ1v) is 11.3. The maximum Gasteiger partial charge on any atom is 0.255 e. The fourth-order valence-corrected chi connectivity index (χ4v) is 4.36. The van der Waals surface area contributed by atoms with Gasteiger partial charge in [0.15, 0.2) is 11.6 Å². The summed E-state index contributed by atoms with van der Waals surface area (Å²) in [5.74, 6) is -0.179. The van der Waals surface area contributed by atoms with Crippen molar-refractivity contribution in [2.24, 2.45) is 0 Å². The van der Waals surface area contributed by atoms with Crippen LogP contribution in [0.2, 0.25) is 0 Å². The summed E-state index contributed by atoms with van der Waals surface area (Å²) >= 11 is 0. The normalized spacial score (nSPS) is 15.0. The molecule has 0 spiro atoms. The van der Waals surface area contributed by atoms with Crippen LogP contribution < -0.4 is 15.2 Å². The van der Waals surface area contributed by atoms with Gasteiger partial charge in [0, 0.05) is 30.6 Å². The quantitative estimate of drug-likeness (QED) is 0.694. The number of rotatable bonds is 7. The number of nitrogen functional groups attached to an aromatic ring is 1. The van der Waals surface area contributed by atoms with Gasteiger partial charge in [-0.15, -0.1) is 0 Å². The van der Waals surface area contributed by atoms with Crippen molar-refractivity contribution in [3.63, 3.8) is 0 Å². The molecule has 1 aromatic carbocycles. The van der Waals surface area contributed by atoms with Gasteiger partial charge in [-0.25, -0.2) is 13.6 Å². The van der Waals surface area contributed by atoms with E-state index in [4.69, 9.17) is 10.5 Å². The zero-order valence-electron chi connectivity index (χ0n) is 17.2. The molecule has 3 rings (SSSR count). The number of hydrogen-bond donors (Lipinski definition) is 2. The Labute approximate surface area is 178 Å². The predicted octanol–water partition coefficient (Wildman–Crippen LogP) is 3.59. The number of benzene rings is 1. The van der Waals surface area contributed by atoms with Crippen LogP contribution in [0.1, 0.15) is 43.0 Å². The summed E-state index contributed by atoms with van der Waals surface area (Å²) in [6, 6.07) is 4.51. The molecule has 0 radical (unpaired) electrons. The van der Waals surface area contributed by atoms with E-state index in [0.29, 0.717) is 42.0 Å². The summed E-state index contributed by atoms with van der Waals surface area (Å²) in [5, 5.41) is 0. The molecular formula is C21H27FN4O3S. The van der Waals surface area contributed by atoms with Gasteiger partial charge in [0.05, 0.1) is 18.4 Å². The third-order valence-electron chi connectivity index (χ3n) is 4.98. The highest BCUT2D eigenvalue weighted by atomic mass is 32.2. The third-order valence-corrected chi connectivity index (χ3v) is 6.21. The SMILES string of the molecule is CCCS(=O)Nc1cc(-c2cc(C(=O)N3CCCCC3)cnc2N)cc(F)c1OC. The van der Waals surface area contributed by atoms with E-state index in [1.807, 2.05) is 6.92 Å². The predicted molar refractivity (Wildman–Crippen MR) is 117 cm³/mol. The second-order valence-electron chi connectivity index (χ2n) is 7.20.